The highest BCUT2D eigenvalue weighted by molar-refractivity contribution is 5.91. The van der Waals surface area contributed by atoms with E-state index in [-0.39, 0.29) is 25.3 Å². The number of aromatic carboxylic acids is 1. The van der Waals surface area contributed by atoms with Gasteiger partial charge in [-0.25, -0.2) is 9.59 Å². The molecule has 194 valence electrons. The van der Waals surface area contributed by atoms with Crippen LogP contribution in [0.4, 0.5) is 4.79 Å². The number of hydrogen-bond donors (Lipinski definition) is 2. The van der Waals surface area contributed by atoms with Gasteiger partial charge in [0.05, 0.1) is 30.6 Å². The molecule has 1 aromatic carbocycles. The van der Waals surface area contributed by atoms with Crippen molar-refractivity contribution in [2.75, 3.05) is 20.2 Å². The molecule has 0 unspecified atom stereocenters. The smallest absolute Gasteiger partial charge is 0.410 e. The molecule has 1 aliphatic heterocycles. The molecule has 0 bridgehead atoms. The molecule has 10 heteroatoms. The summed E-state index contributed by atoms with van der Waals surface area (Å²) in [5.41, 5.74) is 10.2. The first-order chi connectivity index (χ1) is 17.5. The summed E-state index contributed by atoms with van der Waals surface area (Å²) in [6.07, 6.45) is 2.63. The van der Waals surface area contributed by atoms with Gasteiger partial charge in [0.1, 0.15) is 17.0 Å². The van der Waals surface area contributed by atoms with Gasteiger partial charge in [-0.05, 0) is 69.5 Å². The zero-order valence-corrected chi connectivity index (χ0v) is 21.4. The molecule has 5 rings (SSSR count). The van der Waals surface area contributed by atoms with Crippen LogP contribution in [-0.2, 0) is 24.1 Å². The van der Waals surface area contributed by atoms with Crippen LogP contribution in [0.1, 0.15) is 42.4 Å². The van der Waals surface area contributed by atoms with Gasteiger partial charge in [-0.3, -0.25) is 9.67 Å². The molecule has 3 N–H and O–H groups in total. The van der Waals surface area contributed by atoms with Gasteiger partial charge in [0.15, 0.2) is 0 Å². The van der Waals surface area contributed by atoms with E-state index in [9.17, 15) is 14.7 Å². The van der Waals surface area contributed by atoms with Crippen LogP contribution in [0, 0.1) is 0 Å². The van der Waals surface area contributed by atoms with E-state index in [0.29, 0.717) is 24.1 Å². The van der Waals surface area contributed by atoms with Crippen LogP contribution in [0.3, 0.4) is 0 Å². The van der Waals surface area contributed by atoms with Crippen molar-refractivity contribution in [1.29, 1.82) is 0 Å². The summed E-state index contributed by atoms with van der Waals surface area (Å²) in [6, 6.07) is 9.58. The molecule has 0 spiro atoms. The number of likely N-dealkylation sites (tertiary alicyclic amines) is 1. The fraction of sp³-hybridized carbons (Fsp3) is 0.407. The standard InChI is InChI=1S/C27H31N5O5/c1-26(2,3)37-25(35)31-13-27(28,14-31)15-32-23(24(33)34)19-10-7-17-12-29-21(11-20(17)22(19)30-32)16-5-8-18(36-4)9-6-16/h5-6,8-9,11-12H,7,10,13-15,28H2,1-4H3,(H,33,34). The number of ether oxygens (including phenoxy) is 2. The number of aromatic nitrogens is 3. The molecular weight excluding hydrogens is 474 g/mol. The molecule has 0 radical (unpaired) electrons. The highest BCUT2D eigenvalue weighted by Gasteiger charge is 2.45. The third kappa shape index (κ3) is 4.76. The van der Waals surface area contributed by atoms with Gasteiger partial charge in [0.2, 0.25) is 0 Å². The minimum Gasteiger partial charge on any atom is -0.497 e. The lowest BCUT2D eigenvalue weighted by molar-refractivity contribution is -0.0121. The predicted octanol–water partition coefficient (Wildman–Crippen LogP) is 3.37. The minimum absolute atomic E-state index is 0.143. The lowest BCUT2D eigenvalue weighted by atomic mass is 9.89. The molecule has 1 aliphatic carbocycles. The van der Waals surface area contributed by atoms with E-state index < -0.39 is 23.2 Å². The average Bonchev–Trinajstić information content (AvgIpc) is 3.19. The maximum absolute atomic E-state index is 12.4. The number of carbonyl (C=O) groups is 2. The number of nitrogens with two attached hydrogens (primary N) is 1. The Labute approximate surface area is 215 Å². The molecule has 37 heavy (non-hydrogen) atoms. The number of carboxylic acids is 1. The Morgan fingerprint density at radius 1 is 1.16 bits per heavy atom. The number of methoxy groups -OCH3 is 1. The normalized spacial score (nSPS) is 15.9. The Morgan fingerprint density at radius 3 is 2.49 bits per heavy atom. The van der Waals surface area contributed by atoms with Gasteiger partial charge in [0, 0.05) is 36.0 Å². The summed E-state index contributed by atoms with van der Waals surface area (Å²) in [5, 5.41) is 14.8. The van der Waals surface area contributed by atoms with Crippen LogP contribution in [0.2, 0.25) is 0 Å². The van der Waals surface area contributed by atoms with Crippen LogP contribution in [-0.4, -0.2) is 68.2 Å². The van der Waals surface area contributed by atoms with Crippen molar-refractivity contribution in [3.8, 4) is 28.3 Å². The molecule has 3 heterocycles. The molecule has 0 saturated carbocycles. The quantitative estimate of drug-likeness (QED) is 0.539. The fourth-order valence-electron chi connectivity index (χ4n) is 4.96. The first-order valence-corrected chi connectivity index (χ1v) is 12.2. The van der Waals surface area contributed by atoms with E-state index in [1.165, 1.54) is 9.58 Å². The van der Waals surface area contributed by atoms with Crippen molar-refractivity contribution in [3.63, 3.8) is 0 Å². The van der Waals surface area contributed by atoms with Gasteiger partial charge in [0.25, 0.3) is 0 Å². The van der Waals surface area contributed by atoms with E-state index in [2.05, 4.69) is 4.98 Å². The first-order valence-electron chi connectivity index (χ1n) is 12.2. The topological polar surface area (TPSA) is 133 Å². The van der Waals surface area contributed by atoms with Gasteiger partial charge >= 0.3 is 12.1 Å². The molecule has 3 aromatic rings. The van der Waals surface area contributed by atoms with Crippen LogP contribution in [0.5, 0.6) is 5.75 Å². The van der Waals surface area contributed by atoms with Gasteiger partial charge in [-0.1, -0.05) is 0 Å². The molecule has 10 nitrogen and oxygen atoms in total. The van der Waals surface area contributed by atoms with Gasteiger partial charge < -0.3 is 25.2 Å². The maximum Gasteiger partial charge on any atom is 0.410 e. The van der Waals surface area contributed by atoms with Crippen LogP contribution >= 0.6 is 0 Å². The number of aryl methyl sites for hydroxylation is 1. The summed E-state index contributed by atoms with van der Waals surface area (Å²) < 4.78 is 12.2. The zero-order valence-electron chi connectivity index (χ0n) is 21.4. The molecule has 2 aliphatic rings. The van der Waals surface area contributed by atoms with Crippen molar-refractivity contribution >= 4 is 12.1 Å². The molecule has 0 atom stereocenters. The second-order valence-electron chi connectivity index (χ2n) is 10.8. The highest BCUT2D eigenvalue weighted by atomic mass is 16.6. The number of fused-ring (bicyclic) bond motifs is 3. The third-order valence-corrected chi connectivity index (χ3v) is 6.65. The Hall–Kier alpha value is -3.92. The number of carbonyl (C=O) groups excluding carboxylic acids is 1. The zero-order chi connectivity index (χ0) is 26.5. The lowest BCUT2D eigenvalue weighted by Gasteiger charge is -2.47. The molecule has 1 amide bonds. The van der Waals surface area contributed by atoms with Gasteiger partial charge in [-0.2, -0.15) is 5.10 Å². The Kier molecular flexibility index (Phi) is 5.94. The number of carboxylic acid groups (broad SMARTS) is 1. The average molecular weight is 506 g/mol. The number of nitrogens with zero attached hydrogens (tertiary/aromatic N) is 4. The molecule has 2 aromatic heterocycles. The Balaban J connectivity index is 1.44. The van der Waals surface area contributed by atoms with Crippen molar-refractivity contribution in [1.82, 2.24) is 19.7 Å². The Bertz CT molecular complexity index is 1370. The SMILES string of the molecule is COc1ccc(-c2cc3c(cn2)CCc2c-3nn(CC3(N)CN(C(=O)OC(C)(C)C)C3)c2C(=O)O)cc1. The van der Waals surface area contributed by atoms with Crippen LogP contribution < -0.4 is 10.5 Å². The fourth-order valence-corrected chi connectivity index (χ4v) is 4.96. The summed E-state index contributed by atoms with van der Waals surface area (Å²) >= 11 is 0. The van der Waals surface area contributed by atoms with Crippen molar-refractivity contribution in [3.05, 3.63) is 53.3 Å². The second kappa shape index (κ2) is 8.88. The second-order valence-corrected chi connectivity index (χ2v) is 10.8. The van der Waals surface area contributed by atoms with Crippen LogP contribution in [0.15, 0.2) is 36.5 Å². The van der Waals surface area contributed by atoms with Crippen LogP contribution in [0.25, 0.3) is 22.5 Å². The van der Waals surface area contributed by atoms with Gasteiger partial charge in [-0.15, -0.1) is 0 Å². The van der Waals surface area contributed by atoms with E-state index in [0.717, 1.165) is 28.1 Å². The largest absolute Gasteiger partial charge is 0.497 e. The highest BCUT2D eigenvalue weighted by Crippen LogP contribution is 2.37. The summed E-state index contributed by atoms with van der Waals surface area (Å²) in [5.74, 6) is -0.292. The van der Waals surface area contributed by atoms with Crippen molar-refractivity contribution in [2.24, 2.45) is 5.73 Å². The predicted molar refractivity (Wildman–Crippen MR) is 137 cm³/mol. The Morgan fingerprint density at radius 2 is 1.86 bits per heavy atom. The summed E-state index contributed by atoms with van der Waals surface area (Å²) in [7, 11) is 1.62. The third-order valence-electron chi connectivity index (χ3n) is 6.65. The monoisotopic (exact) mass is 505 g/mol. The number of benzene rings is 1. The molecule has 1 fully saturated rings. The van der Waals surface area contributed by atoms with E-state index >= 15 is 0 Å². The van der Waals surface area contributed by atoms with E-state index in [1.807, 2.05) is 36.5 Å². The molecule has 1 saturated heterocycles. The number of hydrogen-bond acceptors (Lipinski definition) is 7. The number of rotatable bonds is 5. The minimum atomic E-state index is -1.05. The lowest BCUT2D eigenvalue weighted by Crippen LogP contribution is -2.70. The summed E-state index contributed by atoms with van der Waals surface area (Å²) in [6.45, 7) is 6.11. The molecular formula is C27H31N5O5. The first kappa shape index (κ1) is 24.8. The van der Waals surface area contributed by atoms with E-state index in [1.54, 1.807) is 27.9 Å². The number of amides is 1. The maximum atomic E-state index is 12.4. The number of pyridine rings is 1. The summed E-state index contributed by atoms with van der Waals surface area (Å²) in [4.78, 5) is 30.8. The van der Waals surface area contributed by atoms with Crippen molar-refractivity contribution in [2.45, 2.75) is 51.3 Å². The van der Waals surface area contributed by atoms with Crippen molar-refractivity contribution < 1.29 is 24.2 Å². The van der Waals surface area contributed by atoms with E-state index in [4.69, 9.17) is 20.3 Å².